The zero-order valence-electron chi connectivity index (χ0n) is 20.5. The lowest BCUT2D eigenvalue weighted by atomic mass is 10.0. The van der Waals surface area contributed by atoms with E-state index in [0.717, 1.165) is 9.96 Å². The van der Waals surface area contributed by atoms with Crippen molar-refractivity contribution < 1.29 is 27.6 Å². The number of aryl methyl sites for hydroxylation is 1. The fraction of sp³-hybridized carbons (Fsp3) is 0.435. The number of nitrogens with one attached hydrogen (secondary N) is 1. The Morgan fingerprint density at radius 2 is 1.92 bits per heavy atom. The Morgan fingerprint density at radius 3 is 2.58 bits per heavy atom. The van der Waals surface area contributed by atoms with Gasteiger partial charge < -0.3 is 10.2 Å². The van der Waals surface area contributed by atoms with E-state index in [0.29, 0.717) is 11.4 Å². The fourth-order valence-electron chi connectivity index (χ4n) is 4.39. The first-order valence-electron chi connectivity index (χ1n) is 11.6. The van der Waals surface area contributed by atoms with Crippen molar-refractivity contribution in [1.82, 2.24) is 19.7 Å². The number of ketones is 1. The maximum atomic E-state index is 14.0. The molecule has 0 spiro atoms. The Morgan fingerprint density at radius 1 is 1.19 bits per heavy atom. The van der Waals surface area contributed by atoms with E-state index in [1.165, 1.54) is 12.1 Å². The molecule has 1 aromatic carbocycles. The van der Waals surface area contributed by atoms with Crippen LogP contribution in [-0.4, -0.2) is 76.7 Å². The van der Waals surface area contributed by atoms with Gasteiger partial charge in [-0.2, -0.15) is 5.10 Å². The monoisotopic (exact) mass is 516 g/mol. The first-order valence-corrected chi connectivity index (χ1v) is 13.2. The van der Waals surface area contributed by atoms with Gasteiger partial charge in [0.2, 0.25) is 21.1 Å². The number of anilines is 1. The zero-order chi connectivity index (χ0) is 26.2. The molecule has 0 bridgehead atoms. The highest BCUT2D eigenvalue weighted by molar-refractivity contribution is 7.92. The molecule has 2 atom stereocenters. The van der Waals surface area contributed by atoms with Crippen LogP contribution in [0.1, 0.15) is 44.5 Å². The third-order valence-corrected chi connectivity index (χ3v) is 8.13. The summed E-state index contributed by atoms with van der Waals surface area (Å²) >= 11 is 0. The Bertz CT molecular complexity index is 1350. The highest BCUT2D eigenvalue weighted by atomic mass is 32.2. The largest absolute Gasteiger partial charge is 0.337 e. The molecule has 2 amide bonds. The Hall–Kier alpha value is -3.58. The van der Waals surface area contributed by atoms with Gasteiger partial charge in [0.05, 0.1) is 29.1 Å². The number of benzene rings is 1. The van der Waals surface area contributed by atoms with Gasteiger partial charge in [-0.3, -0.25) is 23.9 Å². The fourth-order valence-corrected chi connectivity index (χ4v) is 6.35. The SMILES string of the molecule is CCON1CC(=O)N(CC)C(S(=O)(=O)c2ccccc2C2=NC(C(=O)CC)c3c(cnn3C)N2)C1=O. The van der Waals surface area contributed by atoms with Crippen LogP contribution in [0.2, 0.25) is 0 Å². The van der Waals surface area contributed by atoms with Gasteiger partial charge in [0, 0.05) is 25.6 Å². The van der Waals surface area contributed by atoms with Crippen molar-refractivity contribution in [2.45, 2.75) is 43.5 Å². The van der Waals surface area contributed by atoms with Crippen LogP contribution in [0.15, 0.2) is 40.4 Å². The van der Waals surface area contributed by atoms with E-state index in [1.807, 2.05) is 0 Å². The molecule has 2 aliphatic heterocycles. The highest BCUT2D eigenvalue weighted by Crippen LogP contribution is 2.34. The predicted octanol–water partition coefficient (Wildman–Crippen LogP) is 1.05. The molecular formula is C23H28N6O6S. The summed E-state index contributed by atoms with van der Waals surface area (Å²) in [5, 5.41) is 6.28. The van der Waals surface area contributed by atoms with Crippen LogP contribution in [-0.2, 0) is 36.1 Å². The summed E-state index contributed by atoms with van der Waals surface area (Å²) in [6.45, 7) is 4.71. The van der Waals surface area contributed by atoms with E-state index < -0.39 is 33.1 Å². The van der Waals surface area contributed by atoms with Crippen LogP contribution < -0.4 is 5.32 Å². The van der Waals surface area contributed by atoms with Gasteiger partial charge >= 0.3 is 0 Å². The predicted molar refractivity (Wildman–Crippen MR) is 130 cm³/mol. The second-order valence-corrected chi connectivity index (χ2v) is 10.2. The van der Waals surface area contributed by atoms with E-state index >= 15 is 0 Å². The molecule has 2 unspecified atom stereocenters. The number of piperazine rings is 1. The van der Waals surface area contributed by atoms with Crippen molar-refractivity contribution in [2.24, 2.45) is 12.0 Å². The number of hydrogen-bond donors (Lipinski definition) is 1. The van der Waals surface area contributed by atoms with Crippen molar-refractivity contribution in [1.29, 1.82) is 0 Å². The van der Waals surface area contributed by atoms with E-state index in [2.05, 4.69) is 15.4 Å². The number of hydroxylamine groups is 2. The molecule has 192 valence electrons. The van der Waals surface area contributed by atoms with Crippen LogP contribution in [0.3, 0.4) is 0 Å². The third-order valence-electron chi connectivity index (χ3n) is 6.12. The molecule has 1 fully saturated rings. The van der Waals surface area contributed by atoms with E-state index in [4.69, 9.17) is 4.84 Å². The first-order chi connectivity index (χ1) is 17.1. The van der Waals surface area contributed by atoms with E-state index in [9.17, 15) is 22.8 Å². The summed E-state index contributed by atoms with van der Waals surface area (Å²) in [5.41, 5.74) is 1.28. The molecule has 36 heavy (non-hydrogen) atoms. The van der Waals surface area contributed by atoms with Crippen LogP contribution in [0.25, 0.3) is 0 Å². The van der Waals surface area contributed by atoms with E-state index in [1.54, 1.807) is 50.8 Å². The minimum atomic E-state index is -4.44. The number of aromatic nitrogens is 2. The number of fused-ring (bicyclic) bond motifs is 1. The summed E-state index contributed by atoms with van der Waals surface area (Å²) in [6.07, 6.45) is 1.77. The molecule has 2 aliphatic rings. The first kappa shape index (κ1) is 25.5. The molecule has 2 aromatic rings. The maximum absolute atomic E-state index is 14.0. The number of carbonyl (C=O) groups excluding carboxylic acids is 3. The van der Waals surface area contributed by atoms with Crippen LogP contribution in [0, 0.1) is 0 Å². The van der Waals surface area contributed by atoms with Gasteiger partial charge in [0.25, 0.3) is 5.91 Å². The van der Waals surface area contributed by atoms with Gasteiger partial charge in [0.15, 0.2) is 11.8 Å². The average Bonchev–Trinajstić information content (AvgIpc) is 3.25. The van der Waals surface area contributed by atoms with Crippen molar-refractivity contribution in [3.8, 4) is 0 Å². The summed E-state index contributed by atoms with van der Waals surface area (Å²) in [6, 6.07) is 5.18. The number of amidine groups is 1. The normalized spacial score (nSPS) is 20.2. The smallest absolute Gasteiger partial charge is 0.285 e. The standard InChI is InChI=1S/C23H28N6O6S/c1-5-16(30)19-20-15(12-24-27(20)4)25-21(26-19)14-10-8-9-11-17(14)36(33,34)23-22(32)29(35-7-3)13-18(31)28(23)6-2/h8-12,19,23H,5-7,13H2,1-4H3,(H,25,26). The Labute approximate surface area is 208 Å². The number of nitrogens with zero attached hydrogens (tertiary/aromatic N) is 5. The lowest BCUT2D eigenvalue weighted by Crippen LogP contribution is -2.62. The number of likely N-dealkylation sites (N-methyl/N-ethyl adjacent to an activating group) is 1. The second-order valence-electron chi connectivity index (χ2n) is 8.26. The van der Waals surface area contributed by atoms with Gasteiger partial charge in [-0.05, 0) is 26.0 Å². The van der Waals surface area contributed by atoms with Gasteiger partial charge in [0.1, 0.15) is 12.4 Å². The molecule has 0 saturated carbocycles. The van der Waals surface area contributed by atoms with Crippen LogP contribution >= 0.6 is 0 Å². The van der Waals surface area contributed by atoms with Crippen LogP contribution in [0.4, 0.5) is 5.69 Å². The van der Waals surface area contributed by atoms with Gasteiger partial charge in [-0.25, -0.2) is 18.5 Å². The molecule has 13 heteroatoms. The number of carbonyl (C=O) groups is 3. The number of rotatable bonds is 8. The summed E-state index contributed by atoms with van der Waals surface area (Å²) < 4.78 is 29.5. The van der Waals surface area contributed by atoms with Crippen molar-refractivity contribution in [2.75, 3.05) is 25.0 Å². The summed E-state index contributed by atoms with van der Waals surface area (Å²) in [7, 11) is -2.75. The maximum Gasteiger partial charge on any atom is 0.285 e. The van der Waals surface area contributed by atoms with Gasteiger partial charge in [-0.15, -0.1) is 0 Å². The van der Waals surface area contributed by atoms with Crippen LogP contribution in [0.5, 0.6) is 0 Å². The van der Waals surface area contributed by atoms with Crippen molar-refractivity contribution in [3.05, 3.63) is 41.7 Å². The van der Waals surface area contributed by atoms with Gasteiger partial charge in [-0.1, -0.05) is 19.1 Å². The van der Waals surface area contributed by atoms with Crippen molar-refractivity contribution >= 4 is 39.0 Å². The molecule has 12 nitrogen and oxygen atoms in total. The Balaban J connectivity index is 1.84. The molecule has 1 aromatic heterocycles. The number of sulfone groups is 1. The quantitative estimate of drug-likeness (QED) is 0.549. The highest BCUT2D eigenvalue weighted by Gasteiger charge is 2.49. The third kappa shape index (κ3) is 4.17. The summed E-state index contributed by atoms with van der Waals surface area (Å²) in [5.74, 6) is -1.39. The molecule has 0 aliphatic carbocycles. The molecular weight excluding hydrogens is 488 g/mol. The van der Waals surface area contributed by atoms with Crippen molar-refractivity contribution in [3.63, 3.8) is 0 Å². The molecule has 0 radical (unpaired) electrons. The topological polar surface area (TPSA) is 143 Å². The minimum Gasteiger partial charge on any atom is -0.337 e. The zero-order valence-corrected chi connectivity index (χ0v) is 21.3. The summed E-state index contributed by atoms with van der Waals surface area (Å²) in [4.78, 5) is 49.3. The number of Topliss-reactive ketones (excluding diaryl/α,β-unsaturated/α-hetero) is 1. The Kier molecular flexibility index (Phi) is 6.96. The molecule has 4 rings (SSSR count). The lowest BCUT2D eigenvalue weighted by molar-refractivity contribution is -0.199. The lowest BCUT2D eigenvalue weighted by Gasteiger charge is -2.38. The number of hydrogen-bond acceptors (Lipinski definition) is 9. The van der Waals surface area contributed by atoms with E-state index in [-0.39, 0.29) is 48.2 Å². The molecule has 1 N–H and O–H groups in total. The minimum absolute atomic E-state index is 0.0158. The average molecular weight is 517 g/mol. The number of aliphatic imine (C=N–C) groups is 1. The number of amides is 2. The second kappa shape index (κ2) is 9.82. The molecule has 3 heterocycles. The molecule has 1 saturated heterocycles.